The molecule has 2 heterocycles. The van der Waals surface area contributed by atoms with Gasteiger partial charge >= 0.3 is 0 Å². The summed E-state index contributed by atoms with van der Waals surface area (Å²) < 4.78 is 13.0. The van der Waals surface area contributed by atoms with Gasteiger partial charge in [0.1, 0.15) is 5.82 Å². The van der Waals surface area contributed by atoms with Crippen LogP contribution >= 0.6 is 0 Å². The number of hydrogen-bond acceptors (Lipinski definition) is 5. The zero-order valence-electron chi connectivity index (χ0n) is 15.2. The van der Waals surface area contributed by atoms with E-state index in [-0.39, 0.29) is 18.3 Å². The molecule has 6 nitrogen and oxygen atoms in total. The van der Waals surface area contributed by atoms with Gasteiger partial charge in [-0.2, -0.15) is 0 Å². The van der Waals surface area contributed by atoms with E-state index in [0.29, 0.717) is 19.5 Å². The van der Waals surface area contributed by atoms with E-state index in [1.807, 2.05) is 0 Å². The number of nitrogens with zero attached hydrogens (tertiary/aromatic N) is 2. The van der Waals surface area contributed by atoms with Gasteiger partial charge in [-0.1, -0.05) is 12.1 Å². The summed E-state index contributed by atoms with van der Waals surface area (Å²) in [6.07, 6.45) is 1.25. The molecule has 3 N–H and O–H groups in total. The summed E-state index contributed by atoms with van der Waals surface area (Å²) in [5.41, 5.74) is -0.475. The van der Waals surface area contributed by atoms with E-state index < -0.39 is 5.60 Å². The van der Waals surface area contributed by atoms with Crippen LogP contribution in [0.5, 0.6) is 0 Å². The molecule has 2 fully saturated rings. The molecule has 1 aromatic carbocycles. The Hall–Kier alpha value is -1.54. The Morgan fingerprint density at radius 2 is 1.92 bits per heavy atom. The Bertz CT molecular complexity index is 592. The minimum atomic E-state index is -1.35. The average Bonchev–Trinajstić information content (AvgIpc) is 2.66. The standard InChI is InChI=1S/C19H29FN4O2/c20-17-4-2-16(3-5-17)14-24-10-1-6-19(26,18(24)25)15-22-9-13-23-11-7-21-8-12-23/h2-5,21-22,26H,1,6-15H2/t19-/m0/s1. The van der Waals surface area contributed by atoms with E-state index in [9.17, 15) is 14.3 Å². The van der Waals surface area contributed by atoms with Gasteiger partial charge in [-0.3, -0.25) is 9.69 Å². The predicted molar refractivity (Wildman–Crippen MR) is 98.2 cm³/mol. The maximum Gasteiger partial charge on any atom is 0.256 e. The fourth-order valence-electron chi connectivity index (χ4n) is 3.66. The fraction of sp³-hybridized carbons (Fsp3) is 0.632. The van der Waals surface area contributed by atoms with Crippen LogP contribution in [0, 0.1) is 5.82 Å². The number of benzene rings is 1. The molecule has 0 saturated carbocycles. The molecule has 0 radical (unpaired) electrons. The van der Waals surface area contributed by atoms with Crippen LogP contribution in [0.4, 0.5) is 4.39 Å². The van der Waals surface area contributed by atoms with Gasteiger partial charge in [0.25, 0.3) is 5.91 Å². The third kappa shape index (κ3) is 5.01. The van der Waals surface area contributed by atoms with Crippen molar-refractivity contribution in [2.75, 3.05) is 52.4 Å². The van der Waals surface area contributed by atoms with Gasteiger partial charge in [0, 0.05) is 58.9 Å². The largest absolute Gasteiger partial charge is 0.379 e. The second-order valence-electron chi connectivity index (χ2n) is 7.26. The van der Waals surface area contributed by atoms with Crippen molar-refractivity contribution in [1.29, 1.82) is 0 Å². The number of rotatable bonds is 7. The lowest BCUT2D eigenvalue weighted by Gasteiger charge is -2.38. The molecule has 1 aromatic rings. The van der Waals surface area contributed by atoms with Crippen LogP contribution in [0.25, 0.3) is 0 Å². The molecule has 0 aliphatic carbocycles. The van der Waals surface area contributed by atoms with Gasteiger partial charge in [0.2, 0.25) is 0 Å². The fourth-order valence-corrected chi connectivity index (χ4v) is 3.66. The van der Waals surface area contributed by atoms with Crippen molar-refractivity contribution in [3.8, 4) is 0 Å². The highest BCUT2D eigenvalue weighted by Crippen LogP contribution is 2.23. The third-order valence-corrected chi connectivity index (χ3v) is 5.22. The summed E-state index contributed by atoms with van der Waals surface area (Å²) in [6.45, 7) is 7.09. The first kappa shape index (κ1) is 19.2. The molecule has 7 heteroatoms. The van der Waals surface area contributed by atoms with Crippen molar-refractivity contribution in [1.82, 2.24) is 20.4 Å². The lowest BCUT2D eigenvalue weighted by atomic mass is 9.91. The smallest absolute Gasteiger partial charge is 0.256 e. The number of aliphatic hydroxyl groups is 1. The molecule has 2 saturated heterocycles. The van der Waals surface area contributed by atoms with Gasteiger partial charge in [-0.25, -0.2) is 4.39 Å². The molecule has 1 amide bonds. The number of likely N-dealkylation sites (tertiary alicyclic amines) is 1. The summed E-state index contributed by atoms with van der Waals surface area (Å²) in [5, 5.41) is 17.4. The van der Waals surface area contributed by atoms with Gasteiger partial charge in [0.05, 0.1) is 0 Å². The molecule has 0 spiro atoms. The second kappa shape index (κ2) is 8.90. The topological polar surface area (TPSA) is 67.8 Å². The molecule has 0 unspecified atom stereocenters. The SMILES string of the molecule is O=C1N(Cc2ccc(F)cc2)CCC[C@]1(O)CNCCN1CCNCC1. The number of carbonyl (C=O) groups excluding carboxylic acids is 1. The highest BCUT2D eigenvalue weighted by Gasteiger charge is 2.41. The van der Waals surface area contributed by atoms with E-state index >= 15 is 0 Å². The molecule has 0 bridgehead atoms. The van der Waals surface area contributed by atoms with Gasteiger partial charge in [0.15, 0.2) is 5.60 Å². The van der Waals surface area contributed by atoms with Crippen LogP contribution in [0.15, 0.2) is 24.3 Å². The van der Waals surface area contributed by atoms with Crippen molar-refractivity contribution in [2.45, 2.75) is 25.0 Å². The normalized spacial score (nSPS) is 24.8. The van der Waals surface area contributed by atoms with Crippen LogP contribution in [0.3, 0.4) is 0 Å². The number of hydrogen-bond donors (Lipinski definition) is 3. The maximum absolute atomic E-state index is 13.0. The van der Waals surface area contributed by atoms with Crippen LogP contribution in [-0.2, 0) is 11.3 Å². The Morgan fingerprint density at radius 3 is 2.65 bits per heavy atom. The highest BCUT2D eigenvalue weighted by atomic mass is 19.1. The minimum Gasteiger partial charge on any atom is -0.379 e. The third-order valence-electron chi connectivity index (χ3n) is 5.22. The highest BCUT2D eigenvalue weighted by molar-refractivity contribution is 5.86. The van der Waals surface area contributed by atoms with Crippen molar-refractivity contribution < 1.29 is 14.3 Å². The molecule has 3 rings (SSSR count). The number of amides is 1. The number of carbonyl (C=O) groups is 1. The molecule has 2 aliphatic rings. The molecule has 0 aromatic heterocycles. The molecule has 144 valence electrons. The Kier molecular flexibility index (Phi) is 6.58. The lowest BCUT2D eigenvalue weighted by Crippen LogP contribution is -2.58. The maximum atomic E-state index is 13.0. The quantitative estimate of drug-likeness (QED) is 0.602. The molecule has 26 heavy (non-hydrogen) atoms. The number of nitrogens with one attached hydrogen (secondary N) is 2. The predicted octanol–water partition coefficient (Wildman–Crippen LogP) is 0.174. The zero-order chi connectivity index (χ0) is 18.4. The molecular formula is C19H29FN4O2. The molecular weight excluding hydrogens is 335 g/mol. The number of piperazine rings is 1. The minimum absolute atomic E-state index is 0.234. The number of halogens is 1. The first-order valence-corrected chi connectivity index (χ1v) is 9.47. The molecule has 1 atom stereocenters. The Labute approximate surface area is 154 Å². The number of piperidine rings is 1. The summed E-state index contributed by atoms with van der Waals surface area (Å²) in [6, 6.07) is 6.16. The van der Waals surface area contributed by atoms with Gasteiger partial charge < -0.3 is 20.6 Å². The van der Waals surface area contributed by atoms with E-state index in [1.165, 1.54) is 12.1 Å². The first-order valence-electron chi connectivity index (χ1n) is 9.47. The van der Waals surface area contributed by atoms with E-state index in [2.05, 4.69) is 15.5 Å². The van der Waals surface area contributed by atoms with Crippen LogP contribution < -0.4 is 10.6 Å². The van der Waals surface area contributed by atoms with Gasteiger partial charge in [-0.05, 0) is 30.5 Å². The summed E-state index contributed by atoms with van der Waals surface area (Å²) in [4.78, 5) is 16.8. The van der Waals surface area contributed by atoms with Crippen LogP contribution in [-0.4, -0.2) is 78.8 Å². The van der Waals surface area contributed by atoms with E-state index in [0.717, 1.165) is 51.3 Å². The molecule has 2 aliphatic heterocycles. The lowest BCUT2D eigenvalue weighted by molar-refractivity contribution is -0.157. The average molecular weight is 364 g/mol. The Morgan fingerprint density at radius 1 is 1.19 bits per heavy atom. The van der Waals surface area contributed by atoms with E-state index in [4.69, 9.17) is 0 Å². The van der Waals surface area contributed by atoms with Gasteiger partial charge in [-0.15, -0.1) is 0 Å². The van der Waals surface area contributed by atoms with Crippen molar-refractivity contribution in [2.24, 2.45) is 0 Å². The van der Waals surface area contributed by atoms with Crippen LogP contribution in [0.2, 0.25) is 0 Å². The first-order chi connectivity index (χ1) is 12.6. The Balaban J connectivity index is 1.48. The van der Waals surface area contributed by atoms with Crippen LogP contribution in [0.1, 0.15) is 18.4 Å². The van der Waals surface area contributed by atoms with E-state index in [1.54, 1.807) is 17.0 Å². The monoisotopic (exact) mass is 364 g/mol. The summed E-state index contributed by atoms with van der Waals surface area (Å²) in [7, 11) is 0. The zero-order valence-corrected chi connectivity index (χ0v) is 15.2. The van der Waals surface area contributed by atoms with Crippen molar-refractivity contribution in [3.63, 3.8) is 0 Å². The van der Waals surface area contributed by atoms with Crippen molar-refractivity contribution in [3.05, 3.63) is 35.6 Å². The summed E-state index contributed by atoms with van der Waals surface area (Å²) >= 11 is 0. The summed E-state index contributed by atoms with van der Waals surface area (Å²) in [5.74, 6) is -0.522. The van der Waals surface area contributed by atoms with Crippen molar-refractivity contribution >= 4 is 5.91 Å². The second-order valence-corrected chi connectivity index (χ2v) is 7.26.